The van der Waals surface area contributed by atoms with Gasteiger partial charge in [-0.25, -0.2) is 18.2 Å². The second kappa shape index (κ2) is 10.1. The van der Waals surface area contributed by atoms with Crippen LogP contribution in [0.3, 0.4) is 0 Å². The summed E-state index contributed by atoms with van der Waals surface area (Å²) >= 11 is 0. The van der Waals surface area contributed by atoms with Gasteiger partial charge in [-0.2, -0.15) is 5.10 Å². The van der Waals surface area contributed by atoms with Gasteiger partial charge in [0.1, 0.15) is 11.6 Å². The van der Waals surface area contributed by atoms with Gasteiger partial charge in [-0.3, -0.25) is 4.68 Å². The summed E-state index contributed by atoms with van der Waals surface area (Å²) in [5.74, 6) is -0.0836. The number of nitrogens with one attached hydrogen (secondary N) is 1. The van der Waals surface area contributed by atoms with Crippen LogP contribution in [0, 0.1) is 12.7 Å². The van der Waals surface area contributed by atoms with Crippen molar-refractivity contribution in [1.29, 1.82) is 0 Å². The van der Waals surface area contributed by atoms with Gasteiger partial charge in [0, 0.05) is 28.7 Å². The van der Waals surface area contributed by atoms with Crippen LogP contribution in [0.2, 0.25) is 0 Å². The highest BCUT2D eigenvalue weighted by Gasteiger charge is 2.12. The topological polar surface area (TPSA) is 68.8 Å². The van der Waals surface area contributed by atoms with E-state index >= 15 is 0 Å². The maximum Gasteiger partial charge on any atom is 0.244 e. The van der Waals surface area contributed by atoms with E-state index in [9.17, 15) is 13.2 Å². The molecule has 0 aliphatic carbocycles. The molecule has 0 fully saturated rings. The molecule has 0 spiro atoms. The van der Waals surface area contributed by atoms with Crippen molar-refractivity contribution >= 4 is 24.2 Å². The Labute approximate surface area is 174 Å². The first kappa shape index (κ1) is 23.3. The second-order valence-corrected chi connectivity index (χ2v) is 7.10. The van der Waals surface area contributed by atoms with Gasteiger partial charge in [0.2, 0.25) is 6.43 Å². The molecule has 2 rings (SSSR count). The minimum atomic E-state index is -2.48. The van der Waals surface area contributed by atoms with Gasteiger partial charge in [-0.15, -0.1) is 0 Å². The molecule has 0 aliphatic rings. The number of pyridine rings is 1. The van der Waals surface area contributed by atoms with E-state index < -0.39 is 18.7 Å². The number of rotatable bonds is 9. The fourth-order valence-electron chi connectivity index (χ4n) is 2.89. The van der Waals surface area contributed by atoms with E-state index in [2.05, 4.69) is 28.6 Å². The maximum absolute atomic E-state index is 13.8. The molecule has 0 saturated carbocycles. The van der Waals surface area contributed by atoms with Crippen LogP contribution in [0.5, 0.6) is 0 Å². The molecule has 0 saturated heterocycles. The Kier molecular flexibility index (Phi) is 7.86. The average molecular weight is 419 g/mol. The third kappa shape index (κ3) is 5.75. The van der Waals surface area contributed by atoms with E-state index in [0.717, 1.165) is 12.8 Å². The van der Waals surface area contributed by atoms with Crippen molar-refractivity contribution in [3.8, 4) is 0 Å². The van der Waals surface area contributed by atoms with Crippen molar-refractivity contribution in [3.05, 3.63) is 57.8 Å². The number of allylic oxidation sites excluding steroid dienone is 2. The maximum atomic E-state index is 13.8. The largest absolute Gasteiger partial charge is 0.399 e. The summed E-state index contributed by atoms with van der Waals surface area (Å²) in [6, 6.07) is 1.29. The normalized spacial score (nSPS) is 12.6. The standard InChI is InChI=1S/C22H28F3N5/c1-6-7-10-30-20(14(3)19(29-30)12-21(24)25)9-8-13(2)27-22-17(15(4)26)11-18(23)16(5)28-22/h8-9,11,21H,3-4,6-7,10,12,26H2,1-2,5H3,(H,27,28)/b13-8+,20-9+. The molecule has 0 bridgehead atoms. The van der Waals surface area contributed by atoms with Crippen molar-refractivity contribution < 1.29 is 13.2 Å². The van der Waals surface area contributed by atoms with Crippen LogP contribution in [0.15, 0.2) is 24.4 Å². The number of alkyl halides is 2. The number of unbranched alkanes of at least 4 members (excludes halogenated alkanes) is 1. The van der Waals surface area contributed by atoms with Gasteiger partial charge >= 0.3 is 0 Å². The van der Waals surface area contributed by atoms with E-state index in [1.165, 1.54) is 6.07 Å². The van der Waals surface area contributed by atoms with Crippen molar-refractivity contribution in [2.24, 2.45) is 5.73 Å². The van der Waals surface area contributed by atoms with Crippen molar-refractivity contribution in [3.63, 3.8) is 0 Å². The lowest BCUT2D eigenvalue weighted by atomic mass is 10.2. The van der Waals surface area contributed by atoms with Crippen molar-refractivity contribution in [2.75, 3.05) is 5.32 Å². The summed E-state index contributed by atoms with van der Waals surface area (Å²) < 4.78 is 41.2. The lowest BCUT2D eigenvalue weighted by Gasteiger charge is -2.12. The molecule has 8 heteroatoms. The summed E-state index contributed by atoms with van der Waals surface area (Å²) in [5, 5.41) is 8.57. The Balaban J connectivity index is 2.42. The highest BCUT2D eigenvalue weighted by Crippen LogP contribution is 2.21. The highest BCUT2D eigenvalue weighted by atomic mass is 19.3. The molecule has 0 aromatic carbocycles. The fourth-order valence-corrected chi connectivity index (χ4v) is 2.89. The lowest BCUT2D eigenvalue weighted by Crippen LogP contribution is -2.29. The molecular formula is C22H28F3N5. The summed E-state index contributed by atoms with van der Waals surface area (Å²) in [4.78, 5) is 4.21. The fraction of sp³-hybridized carbons (Fsp3) is 0.364. The number of anilines is 1. The van der Waals surface area contributed by atoms with E-state index in [1.54, 1.807) is 30.7 Å². The quantitative estimate of drug-likeness (QED) is 0.653. The van der Waals surface area contributed by atoms with Crippen LogP contribution in [-0.2, 0) is 13.0 Å². The predicted octanol–water partition coefficient (Wildman–Crippen LogP) is 3.47. The van der Waals surface area contributed by atoms with Gasteiger partial charge in [0.25, 0.3) is 0 Å². The van der Waals surface area contributed by atoms with Gasteiger partial charge < -0.3 is 11.1 Å². The number of nitrogens with two attached hydrogens (primary N) is 1. The van der Waals surface area contributed by atoms with Crippen LogP contribution >= 0.6 is 0 Å². The lowest BCUT2D eigenvalue weighted by molar-refractivity contribution is 0.147. The van der Waals surface area contributed by atoms with Gasteiger partial charge in [0.05, 0.1) is 23.2 Å². The van der Waals surface area contributed by atoms with Gasteiger partial charge in [-0.1, -0.05) is 26.5 Å². The average Bonchev–Trinajstić information content (AvgIpc) is 2.95. The number of aromatic nitrogens is 3. The first-order valence-corrected chi connectivity index (χ1v) is 9.74. The predicted molar refractivity (Wildman–Crippen MR) is 116 cm³/mol. The first-order valence-electron chi connectivity index (χ1n) is 9.74. The molecule has 0 aliphatic heterocycles. The summed E-state index contributed by atoms with van der Waals surface area (Å²) in [5.41, 5.74) is 7.53. The smallest absolute Gasteiger partial charge is 0.244 e. The molecule has 2 heterocycles. The summed E-state index contributed by atoms with van der Waals surface area (Å²) in [7, 11) is 0. The SMILES string of the molecule is C=C(N)c1cc(F)c(C)nc1N/C(C)=C/C=c1\c(=C)c(CC(F)F)nn1CCCC. The Morgan fingerprint density at radius 1 is 1.40 bits per heavy atom. The Bertz CT molecular complexity index is 1050. The Morgan fingerprint density at radius 2 is 2.10 bits per heavy atom. The molecule has 0 amide bonds. The second-order valence-electron chi connectivity index (χ2n) is 7.10. The van der Waals surface area contributed by atoms with E-state index in [0.29, 0.717) is 39.9 Å². The first-order chi connectivity index (χ1) is 14.1. The zero-order valence-corrected chi connectivity index (χ0v) is 17.6. The molecule has 162 valence electrons. The number of hydrogen-bond acceptors (Lipinski definition) is 4. The number of halogens is 3. The molecule has 30 heavy (non-hydrogen) atoms. The summed E-state index contributed by atoms with van der Waals surface area (Å²) in [6.45, 7) is 13.6. The monoisotopic (exact) mass is 419 g/mol. The molecule has 2 aromatic heterocycles. The Morgan fingerprint density at radius 3 is 2.70 bits per heavy atom. The summed E-state index contributed by atoms with van der Waals surface area (Å²) in [6.07, 6.45) is 2.45. The van der Waals surface area contributed by atoms with Crippen LogP contribution < -0.4 is 21.6 Å². The molecular weight excluding hydrogens is 391 g/mol. The molecule has 5 nitrogen and oxygen atoms in total. The van der Waals surface area contributed by atoms with Gasteiger partial charge in [-0.05, 0) is 38.5 Å². The molecule has 0 atom stereocenters. The van der Waals surface area contributed by atoms with Crippen LogP contribution in [0.25, 0.3) is 18.4 Å². The molecule has 3 N–H and O–H groups in total. The molecule has 0 radical (unpaired) electrons. The van der Waals surface area contributed by atoms with Gasteiger partial charge in [0.15, 0.2) is 0 Å². The van der Waals surface area contributed by atoms with E-state index in [4.69, 9.17) is 5.73 Å². The third-order valence-corrected chi connectivity index (χ3v) is 4.55. The van der Waals surface area contributed by atoms with Crippen molar-refractivity contribution in [1.82, 2.24) is 14.8 Å². The molecule has 0 unspecified atom stereocenters. The van der Waals surface area contributed by atoms with E-state index in [-0.39, 0.29) is 11.4 Å². The van der Waals surface area contributed by atoms with Crippen LogP contribution in [-0.4, -0.2) is 21.2 Å². The highest BCUT2D eigenvalue weighted by molar-refractivity contribution is 5.72. The van der Waals surface area contributed by atoms with Crippen LogP contribution in [0.1, 0.15) is 43.6 Å². The molecule has 2 aromatic rings. The number of hydrogen-bond donors (Lipinski definition) is 2. The minimum absolute atomic E-state index is 0.190. The minimum Gasteiger partial charge on any atom is -0.399 e. The zero-order chi connectivity index (χ0) is 22.4. The number of aryl methyl sites for hydroxylation is 2. The van der Waals surface area contributed by atoms with Crippen LogP contribution in [0.4, 0.5) is 19.0 Å². The Hall–Kier alpha value is -3.03. The van der Waals surface area contributed by atoms with E-state index in [1.807, 2.05) is 6.92 Å². The number of nitrogens with zero attached hydrogens (tertiary/aromatic N) is 3. The van der Waals surface area contributed by atoms with Crippen molar-refractivity contribution in [2.45, 2.75) is 53.0 Å². The third-order valence-electron chi connectivity index (χ3n) is 4.55. The zero-order valence-electron chi connectivity index (χ0n) is 17.6.